The maximum atomic E-state index is 6.20. The zero-order valence-corrected chi connectivity index (χ0v) is 16.9. The van der Waals surface area contributed by atoms with Crippen LogP contribution in [-0.2, 0) is 13.2 Å². The Labute approximate surface area is 162 Å². The third-order valence-electron chi connectivity index (χ3n) is 3.51. The molecule has 24 heavy (non-hydrogen) atoms. The van der Waals surface area contributed by atoms with Crippen LogP contribution in [0.5, 0.6) is 5.75 Å². The van der Waals surface area contributed by atoms with Crippen molar-refractivity contribution in [1.82, 2.24) is 10.2 Å². The number of ether oxygens (including phenoxy) is 1. The van der Waals surface area contributed by atoms with Gasteiger partial charge in [-0.15, -0.1) is 0 Å². The molecule has 2 aromatic rings. The molecule has 0 heterocycles. The van der Waals surface area contributed by atoms with Crippen molar-refractivity contribution in [1.29, 1.82) is 0 Å². The van der Waals surface area contributed by atoms with E-state index >= 15 is 0 Å². The van der Waals surface area contributed by atoms with E-state index in [1.165, 1.54) is 0 Å². The maximum absolute atomic E-state index is 6.20. The van der Waals surface area contributed by atoms with Crippen LogP contribution >= 0.6 is 39.1 Å². The van der Waals surface area contributed by atoms with Gasteiger partial charge in [0.2, 0.25) is 0 Å². The van der Waals surface area contributed by atoms with Gasteiger partial charge in [0.25, 0.3) is 0 Å². The van der Waals surface area contributed by atoms with Crippen LogP contribution in [0.2, 0.25) is 10.0 Å². The molecule has 0 bridgehead atoms. The minimum atomic E-state index is 0.338. The van der Waals surface area contributed by atoms with Crippen LogP contribution in [-0.4, -0.2) is 32.1 Å². The molecule has 0 aliphatic carbocycles. The van der Waals surface area contributed by atoms with Crippen molar-refractivity contribution in [2.45, 2.75) is 13.2 Å². The standard InChI is InChI=1S/C18H21BrCl2N2O/c1-23(2)9-8-22-11-13-10-14(19)6-7-18(13)24-12-15-16(20)4-3-5-17(15)21/h3-7,10,22H,8-9,11-12H2,1-2H3. The molecule has 0 aliphatic rings. The molecule has 0 saturated carbocycles. The average Bonchev–Trinajstić information content (AvgIpc) is 2.52. The Balaban J connectivity index is 2.04. The number of likely N-dealkylation sites (N-methyl/N-ethyl adjacent to an activating group) is 1. The van der Waals surface area contributed by atoms with Gasteiger partial charge in [0.1, 0.15) is 12.4 Å². The number of halogens is 3. The maximum Gasteiger partial charge on any atom is 0.124 e. The van der Waals surface area contributed by atoms with E-state index in [1.54, 1.807) is 0 Å². The van der Waals surface area contributed by atoms with E-state index in [0.717, 1.165) is 41.0 Å². The van der Waals surface area contributed by atoms with Crippen molar-refractivity contribution in [3.05, 3.63) is 62.0 Å². The van der Waals surface area contributed by atoms with E-state index in [2.05, 4.69) is 46.3 Å². The lowest BCUT2D eigenvalue weighted by Crippen LogP contribution is -2.26. The van der Waals surface area contributed by atoms with Crippen LogP contribution in [0.25, 0.3) is 0 Å². The molecule has 0 radical (unpaired) electrons. The molecule has 2 aromatic carbocycles. The first-order valence-electron chi connectivity index (χ1n) is 7.67. The Hall–Kier alpha value is -0.780. The lowest BCUT2D eigenvalue weighted by atomic mass is 10.2. The predicted octanol–water partition coefficient (Wildman–Crippen LogP) is 4.99. The van der Waals surface area contributed by atoms with E-state index < -0.39 is 0 Å². The SMILES string of the molecule is CN(C)CCNCc1cc(Br)ccc1OCc1c(Cl)cccc1Cl. The Morgan fingerprint density at radius 3 is 2.50 bits per heavy atom. The first-order chi connectivity index (χ1) is 11.5. The molecule has 0 saturated heterocycles. The highest BCUT2D eigenvalue weighted by molar-refractivity contribution is 9.10. The molecule has 0 fully saturated rings. The molecule has 0 aromatic heterocycles. The van der Waals surface area contributed by atoms with Crippen molar-refractivity contribution in [2.75, 3.05) is 27.2 Å². The van der Waals surface area contributed by atoms with E-state index in [-0.39, 0.29) is 0 Å². The summed E-state index contributed by atoms with van der Waals surface area (Å²) >= 11 is 15.9. The van der Waals surface area contributed by atoms with Gasteiger partial charge < -0.3 is 15.0 Å². The summed E-state index contributed by atoms with van der Waals surface area (Å²) < 4.78 is 7.00. The van der Waals surface area contributed by atoms with E-state index in [1.807, 2.05) is 30.3 Å². The fraction of sp³-hybridized carbons (Fsp3) is 0.333. The van der Waals surface area contributed by atoms with Crippen molar-refractivity contribution < 1.29 is 4.74 Å². The average molecular weight is 432 g/mol. The minimum absolute atomic E-state index is 0.338. The van der Waals surface area contributed by atoms with Crippen LogP contribution in [0.1, 0.15) is 11.1 Å². The highest BCUT2D eigenvalue weighted by Gasteiger charge is 2.09. The second-order valence-corrected chi connectivity index (χ2v) is 7.45. The molecule has 2 rings (SSSR count). The van der Waals surface area contributed by atoms with Crippen LogP contribution in [0.3, 0.4) is 0 Å². The van der Waals surface area contributed by atoms with Gasteiger partial charge >= 0.3 is 0 Å². The fourth-order valence-corrected chi connectivity index (χ4v) is 3.09. The Bertz CT molecular complexity index is 660. The number of nitrogens with zero attached hydrogens (tertiary/aromatic N) is 1. The van der Waals surface area contributed by atoms with Gasteiger partial charge in [-0.1, -0.05) is 45.2 Å². The monoisotopic (exact) mass is 430 g/mol. The van der Waals surface area contributed by atoms with Gasteiger partial charge in [-0.2, -0.15) is 0 Å². The van der Waals surface area contributed by atoms with Gasteiger partial charge in [0, 0.05) is 45.3 Å². The molecular formula is C18H21BrCl2N2O. The van der Waals surface area contributed by atoms with Crippen LogP contribution in [0, 0.1) is 0 Å². The van der Waals surface area contributed by atoms with E-state index in [0.29, 0.717) is 16.7 Å². The van der Waals surface area contributed by atoms with E-state index in [4.69, 9.17) is 27.9 Å². The molecule has 0 unspecified atom stereocenters. The Morgan fingerprint density at radius 2 is 1.83 bits per heavy atom. The highest BCUT2D eigenvalue weighted by Crippen LogP contribution is 2.28. The third-order valence-corrected chi connectivity index (χ3v) is 4.71. The van der Waals surface area contributed by atoms with Crippen LogP contribution in [0.15, 0.2) is 40.9 Å². The number of hydrogen-bond acceptors (Lipinski definition) is 3. The quantitative estimate of drug-likeness (QED) is 0.596. The zero-order valence-electron chi connectivity index (χ0n) is 13.8. The summed E-state index contributed by atoms with van der Waals surface area (Å²) in [5.74, 6) is 0.825. The first-order valence-corrected chi connectivity index (χ1v) is 9.22. The normalized spacial score (nSPS) is 11.1. The third kappa shape index (κ3) is 5.94. The lowest BCUT2D eigenvalue weighted by Gasteiger charge is -2.15. The minimum Gasteiger partial charge on any atom is -0.488 e. The Morgan fingerprint density at radius 1 is 1.12 bits per heavy atom. The molecule has 3 nitrogen and oxygen atoms in total. The van der Waals surface area contributed by atoms with Gasteiger partial charge in [0.05, 0.1) is 0 Å². The molecule has 0 spiro atoms. The van der Waals surface area contributed by atoms with Crippen LogP contribution in [0.4, 0.5) is 0 Å². The molecule has 130 valence electrons. The zero-order chi connectivity index (χ0) is 17.5. The van der Waals surface area contributed by atoms with Crippen molar-refractivity contribution in [3.63, 3.8) is 0 Å². The topological polar surface area (TPSA) is 24.5 Å². The second-order valence-electron chi connectivity index (χ2n) is 5.72. The summed E-state index contributed by atoms with van der Waals surface area (Å²) in [6, 6.07) is 11.4. The van der Waals surface area contributed by atoms with Gasteiger partial charge in [-0.25, -0.2) is 0 Å². The fourth-order valence-electron chi connectivity index (χ4n) is 2.17. The summed E-state index contributed by atoms with van der Waals surface area (Å²) in [6.07, 6.45) is 0. The molecule has 1 N–H and O–H groups in total. The van der Waals surface area contributed by atoms with Gasteiger partial charge in [0.15, 0.2) is 0 Å². The summed E-state index contributed by atoms with van der Waals surface area (Å²) in [5, 5.41) is 4.66. The van der Waals surface area contributed by atoms with Crippen LogP contribution < -0.4 is 10.1 Å². The summed E-state index contributed by atoms with van der Waals surface area (Å²) in [5.41, 5.74) is 1.89. The molecule has 6 heteroatoms. The molecule has 0 aliphatic heterocycles. The van der Waals surface area contributed by atoms with Crippen molar-refractivity contribution in [2.24, 2.45) is 0 Å². The smallest absolute Gasteiger partial charge is 0.124 e. The summed E-state index contributed by atoms with van der Waals surface area (Å²) in [6.45, 7) is 2.97. The second kappa shape index (κ2) is 9.64. The first kappa shape index (κ1) is 19.5. The highest BCUT2D eigenvalue weighted by atomic mass is 79.9. The van der Waals surface area contributed by atoms with Crippen molar-refractivity contribution in [3.8, 4) is 5.75 Å². The largest absolute Gasteiger partial charge is 0.488 e. The molecule has 0 amide bonds. The van der Waals surface area contributed by atoms with Crippen molar-refractivity contribution >= 4 is 39.1 Å². The molecular weight excluding hydrogens is 411 g/mol. The Kier molecular flexibility index (Phi) is 7.85. The number of rotatable bonds is 8. The number of benzene rings is 2. The molecule has 0 atom stereocenters. The van der Waals surface area contributed by atoms with Gasteiger partial charge in [-0.05, 0) is 44.4 Å². The summed E-state index contributed by atoms with van der Waals surface area (Å²) in [7, 11) is 4.12. The van der Waals surface area contributed by atoms with E-state index in [9.17, 15) is 0 Å². The lowest BCUT2D eigenvalue weighted by molar-refractivity contribution is 0.302. The summed E-state index contributed by atoms with van der Waals surface area (Å²) in [4.78, 5) is 2.14. The number of nitrogens with one attached hydrogen (secondary N) is 1. The number of hydrogen-bond donors (Lipinski definition) is 1. The predicted molar refractivity (Wildman–Crippen MR) is 105 cm³/mol. The van der Waals surface area contributed by atoms with Gasteiger partial charge in [-0.3, -0.25) is 0 Å².